The molecule has 1 heterocycles. The van der Waals surface area contributed by atoms with Gasteiger partial charge in [0.25, 0.3) is 0 Å². The van der Waals surface area contributed by atoms with Crippen LogP contribution in [0.25, 0.3) is 0 Å². The van der Waals surface area contributed by atoms with Gasteiger partial charge in [0.05, 0.1) is 5.75 Å². The molecule has 0 saturated carbocycles. The lowest BCUT2D eigenvalue weighted by Crippen LogP contribution is -2.44. The fourth-order valence-electron chi connectivity index (χ4n) is 2.29. The van der Waals surface area contributed by atoms with Gasteiger partial charge in [0.15, 0.2) is 0 Å². The number of piperidine rings is 1. The molecule has 1 aliphatic rings. The van der Waals surface area contributed by atoms with Crippen LogP contribution in [0.1, 0.15) is 46.5 Å². The van der Waals surface area contributed by atoms with E-state index in [1.54, 1.807) is 4.31 Å². The summed E-state index contributed by atoms with van der Waals surface area (Å²) in [4.78, 5) is 0. The Kier molecular flexibility index (Phi) is 6.08. The number of nitrogens with one attached hydrogen (secondary N) is 1. The third-order valence-corrected chi connectivity index (χ3v) is 6.01. The molecule has 0 aliphatic carbocycles. The van der Waals surface area contributed by atoms with Gasteiger partial charge in [-0.25, -0.2) is 12.7 Å². The second-order valence-corrected chi connectivity index (χ2v) is 7.72. The van der Waals surface area contributed by atoms with Crippen molar-refractivity contribution in [3.8, 4) is 0 Å². The summed E-state index contributed by atoms with van der Waals surface area (Å²) < 4.78 is 25.9. The van der Waals surface area contributed by atoms with E-state index in [0.29, 0.717) is 25.0 Å². The van der Waals surface area contributed by atoms with E-state index in [1.165, 1.54) is 0 Å². The van der Waals surface area contributed by atoms with Crippen molar-refractivity contribution in [2.24, 2.45) is 5.41 Å². The summed E-state index contributed by atoms with van der Waals surface area (Å²) in [5.41, 5.74) is 0.340. The summed E-state index contributed by atoms with van der Waals surface area (Å²) in [6.45, 7) is 9.39. The molecule has 4 nitrogen and oxygen atoms in total. The molecule has 0 atom stereocenters. The second-order valence-electron chi connectivity index (χ2n) is 5.63. The normalized spacial score (nSPS) is 21.1. The van der Waals surface area contributed by atoms with Crippen LogP contribution in [-0.4, -0.2) is 44.7 Å². The Morgan fingerprint density at radius 1 is 1.17 bits per heavy atom. The molecule has 0 bridgehead atoms. The minimum atomic E-state index is -3.05. The average Bonchev–Trinajstić information content (AvgIpc) is 2.35. The van der Waals surface area contributed by atoms with Crippen molar-refractivity contribution < 1.29 is 8.42 Å². The Hall–Kier alpha value is -0.130. The highest BCUT2D eigenvalue weighted by Gasteiger charge is 2.33. The van der Waals surface area contributed by atoms with Gasteiger partial charge in [0.2, 0.25) is 10.0 Å². The first-order valence-corrected chi connectivity index (χ1v) is 8.73. The lowest BCUT2D eigenvalue weighted by Gasteiger charge is -2.38. The standard InChI is InChI=1S/C13H28N2O2S/c1-4-8-14-9-12-18(16,17)15-10-6-13(3,5-2)7-11-15/h14H,4-12H2,1-3H3. The maximum absolute atomic E-state index is 12.1. The molecule has 1 saturated heterocycles. The van der Waals surface area contributed by atoms with Crippen molar-refractivity contribution in [2.45, 2.75) is 46.5 Å². The number of hydrogen-bond acceptors (Lipinski definition) is 3. The van der Waals surface area contributed by atoms with Crippen LogP contribution in [0, 0.1) is 5.41 Å². The van der Waals surface area contributed by atoms with E-state index in [9.17, 15) is 8.42 Å². The van der Waals surface area contributed by atoms with E-state index in [4.69, 9.17) is 0 Å². The van der Waals surface area contributed by atoms with Crippen molar-refractivity contribution in [1.29, 1.82) is 0 Å². The van der Waals surface area contributed by atoms with Gasteiger partial charge in [-0.1, -0.05) is 27.2 Å². The van der Waals surface area contributed by atoms with E-state index in [0.717, 1.165) is 32.2 Å². The first kappa shape index (κ1) is 15.9. The van der Waals surface area contributed by atoms with E-state index < -0.39 is 10.0 Å². The van der Waals surface area contributed by atoms with Gasteiger partial charge < -0.3 is 5.32 Å². The Bertz CT molecular complexity index is 333. The lowest BCUT2D eigenvalue weighted by molar-refractivity contribution is 0.169. The summed E-state index contributed by atoms with van der Waals surface area (Å²) in [7, 11) is -3.05. The Morgan fingerprint density at radius 3 is 2.28 bits per heavy atom. The quantitative estimate of drug-likeness (QED) is 0.722. The predicted octanol–water partition coefficient (Wildman–Crippen LogP) is 1.83. The van der Waals surface area contributed by atoms with Crippen LogP contribution in [-0.2, 0) is 10.0 Å². The Morgan fingerprint density at radius 2 is 1.78 bits per heavy atom. The zero-order valence-corrected chi connectivity index (χ0v) is 12.9. The molecular weight excluding hydrogens is 248 g/mol. The van der Waals surface area contributed by atoms with Crippen molar-refractivity contribution in [2.75, 3.05) is 31.9 Å². The van der Waals surface area contributed by atoms with Gasteiger partial charge >= 0.3 is 0 Å². The first-order chi connectivity index (χ1) is 8.43. The van der Waals surface area contributed by atoms with Gasteiger partial charge in [-0.15, -0.1) is 0 Å². The summed E-state index contributed by atoms with van der Waals surface area (Å²) >= 11 is 0. The molecular formula is C13H28N2O2S. The SMILES string of the molecule is CCCNCCS(=O)(=O)N1CCC(C)(CC)CC1. The minimum Gasteiger partial charge on any atom is -0.316 e. The first-order valence-electron chi connectivity index (χ1n) is 7.12. The molecule has 5 heteroatoms. The van der Waals surface area contributed by atoms with Gasteiger partial charge in [-0.2, -0.15) is 0 Å². The molecule has 1 rings (SSSR count). The predicted molar refractivity (Wildman–Crippen MR) is 76.2 cm³/mol. The summed E-state index contributed by atoms with van der Waals surface area (Å²) in [5.74, 6) is 0.232. The van der Waals surface area contributed by atoms with Crippen LogP contribution >= 0.6 is 0 Å². The second kappa shape index (κ2) is 6.87. The van der Waals surface area contributed by atoms with Crippen LogP contribution in [0.15, 0.2) is 0 Å². The Balaban J connectivity index is 2.40. The highest BCUT2D eigenvalue weighted by atomic mass is 32.2. The van der Waals surface area contributed by atoms with Crippen molar-refractivity contribution in [3.05, 3.63) is 0 Å². The molecule has 18 heavy (non-hydrogen) atoms. The number of nitrogens with zero attached hydrogens (tertiary/aromatic N) is 1. The van der Waals surface area contributed by atoms with E-state index >= 15 is 0 Å². The smallest absolute Gasteiger partial charge is 0.215 e. The maximum Gasteiger partial charge on any atom is 0.215 e. The maximum atomic E-state index is 12.1. The molecule has 0 spiro atoms. The van der Waals surface area contributed by atoms with E-state index in [2.05, 4.69) is 26.1 Å². The van der Waals surface area contributed by atoms with Gasteiger partial charge in [-0.3, -0.25) is 0 Å². The topological polar surface area (TPSA) is 49.4 Å². The van der Waals surface area contributed by atoms with Crippen LogP contribution in [0.4, 0.5) is 0 Å². The highest BCUT2D eigenvalue weighted by molar-refractivity contribution is 7.89. The molecule has 0 unspecified atom stereocenters. The zero-order chi connectivity index (χ0) is 13.6. The molecule has 1 N–H and O–H groups in total. The summed E-state index contributed by atoms with van der Waals surface area (Å²) in [5, 5.41) is 3.15. The fourth-order valence-corrected chi connectivity index (χ4v) is 3.69. The van der Waals surface area contributed by atoms with Crippen molar-refractivity contribution in [3.63, 3.8) is 0 Å². The van der Waals surface area contributed by atoms with Gasteiger partial charge in [-0.05, 0) is 31.2 Å². The minimum absolute atomic E-state index is 0.232. The summed E-state index contributed by atoms with van der Waals surface area (Å²) in [6.07, 6.45) is 4.16. The molecule has 0 amide bonds. The van der Waals surface area contributed by atoms with Gasteiger partial charge in [0, 0.05) is 19.6 Å². The van der Waals surface area contributed by atoms with Gasteiger partial charge in [0.1, 0.15) is 0 Å². The molecule has 108 valence electrons. The molecule has 0 aromatic carbocycles. The summed E-state index contributed by atoms with van der Waals surface area (Å²) in [6, 6.07) is 0. The fraction of sp³-hybridized carbons (Fsp3) is 1.00. The zero-order valence-electron chi connectivity index (χ0n) is 12.0. The van der Waals surface area contributed by atoms with Crippen molar-refractivity contribution in [1.82, 2.24) is 9.62 Å². The van der Waals surface area contributed by atoms with Crippen LogP contribution in [0.2, 0.25) is 0 Å². The molecule has 1 fully saturated rings. The highest BCUT2D eigenvalue weighted by Crippen LogP contribution is 2.34. The molecule has 0 aromatic heterocycles. The van der Waals surface area contributed by atoms with Crippen LogP contribution < -0.4 is 5.32 Å². The van der Waals surface area contributed by atoms with Crippen LogP contribution in [0.5, 0.6) is 0 Å². The number of sulfonamides is 1. The number of hydrogen-bond donors (Lipinski definition) is 1. The average molecular weight is 276 g/mol. The monoisotopic (exact) mass is 276 g/mol. The third kappa shape index (κ3) is 4.52. The third-order valence-electron chi connectivity index (χ3n) is 4.14. The lowest BCUT2D eigenvalue weighted by atomic mass is 9.79. The molecule has 0 radical (unpaired) electrons. The van der Waals surface area contributed by atoms with E-state index in [-0.39, 0.29) is 5.75 Å². The molecule has 1 aliphatic heterocycles. The van der Waals surface area contributed by atoms with Crippen molar-refractivity contribution >= 4 is 10.0 Å². The Labute approximate surface area is 112 Å². The molecule has 0 aromatic rings. The number of rotatable bonds is 7. The largest absolute Gasteiger partial charge is 0.316 e. The van der Waals surface area contributed by atoms with Crippen LogP contribution in [0.3, 0.4) is 0 Å². The van der Waals surface area contributed by atoms with E-state index in [1.807, 2.05) is 0 Å².